The van der Waals surface area contributed by atoms with Gasteiger partial charge in [0.25, 0.3) is 5.91 Å². The number of carbonyl (C=O) groups excluding carboxylic acids is 1. The molecule has 3 aliphatic rings. The lowest BCUT2D eigenvalue weighted by Gasteiger charge is -2.56. The number of piperazine rings is 1. The molecular weight excluding hydrogens is 345 g/mol. The summed E-state index contributed by atoms with van der Waals surface area (Å²) >= 11 is 0. The van der Waals surface area contributed by atoms with Crippen LogP contribution in [-0.4, -0.2) is 50.8 Å². The van der Waals surface area contributed by atoms with Crippen molar-refractivity contribution in [3.63, 3.8) is 0 Å². The third-order valence-electron chi connectivity index (χ3n) is 4.95. The van der Waals surface area contributed by atoms with E-state index in [4.69, 9.17) is 0 Å². The van der Waals surface area contributed by atoms with Gasteiger partial charge in [0.2, 0.25) is 0 Å². The molecule has 2 aromatic heterocycles. The van der Waals surface area contributed by atoms with Crippen LogP contribution in [0.1, 0.15) is 28.0 Å². The average molecular weight is 362 g/mol. The molecule has 0 radical (unpaired) electrons. The predicted molar refractivity (Wildman–Crippen MR) is 87.1 cm³/mol. The Morgan fingerprint density at radius 1 is 1.12 bits per heavy atom. The van der Waals surface area contributed by atoms with Gasteiger partial charge in [-0.05, 0) is 30.2 Å². The van der Waals surface area contributed by atoms with Gasteiger partial charge in [-0.3, -0.25) is 19.7 Å². The monoisotopic (exact) mass is 362 g/mol. The zero-order chi connectivity index (χ0) is 18.3. The molecule has 2 atom stereocenters. The van der Waals surface area contributed by atoms with Crippen LogP contribution in [0.2, 0.25) is 0 Å². The number of hydrogen-bond acceptors (Lipinski definition) is 4. The molecule has 0 aliphatic carbocycles. The maximum atomic E-state index is 12.6. The molecule has 0 spiro atoms. The standard InChI is InChI=1S/C18H17F3N4O/c19-18(20,21)16-2-1-12(8-23-16)9-24-10-14-7-15(11-24)25(14)17(26)13-3-5-22-6-4-13/h1-6,8,14-15H,7,9-11H2. The van der Waals surface area contributed by atoms with Crippen LogP contribution in [0.15, 0.2) is 42.9 Å². The van der Waals surface area contributed by atoms with Crippen molar-refractivity contribution in [3.8, 4) is 0 Å². The summed E-state index contributed by atoms with van der Waals surface area (Å²) in [5.41, 5.74) is 0.498. The van der Waals surface area contributed by atoms with Crippen molar-refractivity contribution in [2.24, 2.45) is 0 Å². The Kier molecular flexibility index (Phi) is 4.14. The van der Waals surface area contributed by atoms with E-state index in [0.29, 0.717) is 25.2 Å². The first-order chi connectivity index (χ1) is 12.4. The number of nitrogens with zero attached hydrogens (tertiary/aromatic N) is 4. The number of fused-ring (bicyclic) bond motifs is 2. The number of rotatable bonds is 3. The molecular formula is C18H17F3N4O. The predicted octanol–water partition coefficient (Wildman–Crippen LogP) is 2.59. The molecule has 1 amide bonds. The van der Waals surface area contributed by atoms with Crippen LogP contribution in [0, 0.1) is 0 Å². The second kappa shape index (κ2) is 6.35. The molecule has 8 heteroatoms. The Bertz CT molecular complexity index is 782. The Labute approximate surface area is 148 Å². The van der Waals surface area contributed by atoms with Gasteiger partial charge in [0.1, 0.15) is 5.69 Å². The van der Waals surface area contributed by atoms with Gasteiger partial charge in [-0.15, -0.1) is 0 Å². The molecule has 0 N–H and O–H groups in total. The van der Waals surface area contributed by atoms with E-state index in [2.05, 4.69) is 14.9 Å². The summed E-state index contributed by atoms with van der Waals surface area (Å²) in [5, 5.41) is 0. The Balaban J connectivity index is 1.38. The van der Waals surface area contributed by atoms with Gasteiger partial charge in [-0.25, -0.2) is 0 Å². The summed E-state index contributed by atoms with van der Waals surface area (Å²) in [5.74, 6) is 0.0181. The second-order valence-electron chi connectivity index (χ2n) is 6.74. The van der Waals surface area contributed by atoms with Crippen molar-refractivity contribution in [2.75, 3.05) is 13.1 Å². The number of alkyl halides is 3. The number of halogens is 3. The molecule has 0 saturated carbocycles. The molecule has 26 heavy (non-hydrogen) atoms. The van der Waals surface area contributed by atoms with Gasteiger partial charge in [0, 0.05) is 55.9 Å². The lowest BCUT2D eigenvalue weighted by molar-refractivity contribution is -0.141. The highest BCUT2D eigenvalue weighted by atomic mass is 19.4. The van der Waals surface area contributed by atoms with Crippen molar-refractivity contribution in [1.82, 2.24) is 19.8 Å². The molecule has 5 nitrogen and oxygen atoms in total. The number of aromatic nitrogens is 2. The quantitative estimate of drug-likeness (QED) is 0.842. The maximum absolute atomic E-state index is 12.6. The fourth-order valence-electron chi connectivity index (χ4n) is 3.75. The van der Waals surface area contributed by atoms with Crippen LogP contribution < -0.4 is 0 Å². The van der Waals surface area contributed by atoms with E-state index in [1.54, 1.807) is 24.5 Å². The highest BCUT2D eigenvalue weighted by molar-refractivity contribution is 5.95. The molecule has 0 aromatic carbocycles. The number of piperidine rings is 1. The molecule has 5 rings (SSSR count). The molecule has 3 aliphatic heterocycles. The zero-order valence-corrected chi connectivity index (χ0v) is 13.9. The second-order valence-corrected chi connectivity index (χ2v) is 6.74. The van der Waals surface area contributed by atoms with E-state index >= 15 is 0 Å². The fraction of sp³-hybridized carbons (Fsp3) is 0.389. The van der Waals surface area contributed by atoms with Crippen molar-refractivity contribution < 1.29 is 18.0 Å². The normalized spacial score (nSPS) is 22.8. The lowest BCUT2D eigenvalue weighted by atomic mass is 9.86. The van der Waals surface area contributed by atoms with Gasteiger partial charge in [-0.1, -0.05) is 6.07 Å². The molecule has 2 unspecified atom stereocenters. The Hall–Kier alpha value is -2.48. The average Bonchev–Trinajstić information content (AvgIpc) is 2.62. The van der Waals surface area contributed by atoms with Gasteiger partial charge < -0.3 is 4.90 Å². The van der Waals surface area contributed by atoms with Crippen LogP contribution >= 0.6 is 0 Å². The smallest absolute Gasteiger partial charge is 0.330 e. The summed E-state index contributed by atoms with van der Waals surface area (Å²) in [4.78, 5) is 24.1. The van der Waals surface area contributed by atoms with E-state index < -0.39 is 11.9 Å². The first-order valence-electron chi connectivity index (χ1n) is 8.39. The topological polar surface area (TPSA) is 49.3 Å². The van der Waals surface area contributed by atoms with Crippen LogP contribution in [0.3, 0.4) is 0 Å². The molecule has 2 bridgehead atoms. The minimum absolute atomic E-state index is 0.0181. The minimum atomic E-state index is -4.42. The molecule has 3 saturated heterocycles. The highest BCUT2D eigenvalue weighted by Crippen LogP contribution is 2.34. The Morgan fingerprint density at radius 3 is 2.38 bits per heavy atom. The Morgan fingerprint density at radius 2 is 1.81 bits per heavy atom. The van der Waals surface area contributed by atoms with Crippen LogP contribution in [-0.2, 0) is 12.7 Å². The summed E-state index contributed by atoms with van der Waals surface area (Å²) in [6.07, 6.45) is 1.04. The van der Waals surface area contributed by atoms with Crippen molar-refractivity contribution in [1.29, 1.82) is 0 Å². The van der Waals surface area contributed by atoms with E-state index in [0.717, 1.165) is 18.1 Å². The SMILES string of the molecule is O=C(c1ccncc1)N1C2CC1CN(Cc1ccc(C(F)(F)F)nc1)C2. The van der Waals surface area contributed by atoms with Crippen molar-refractivity contribution >= 4 is 5.91 Å². The summed E-state index contributed by atoms with van der Waals surface area (Å²) < 4.78 is 37.7. The molecule has 2 aromatic rings. The van der Waals surface area contributed by atoms with Crippen LogP contribution in [0.5, 0.6) is 0 Å². The summed E-state index contributed by atoms with van der Waals surface area (Å²) in [7, 11) is 0. The molecule has 3 fully saturated rings. The van der Waals surface area contributed by atoms with E-state index in [1.807, 2.05) is 4.90 Å². The number of pyridine rings is 2. The van der Waals surface area contributed by atoms with Gasteiger partial charge >= 0.3 is 6.18 Å². The first-order valence-corrected chi connectivity index (χ1v) is 8.39. The van der Waals surface area contributed by atoms with Crippen molar-refractivity contribution in [2.45, 2.75) is 31.2 Å². The van der Waals surface area contributed by atoms with Crippen molar-refractivity contribution in [3.05, 3.63) is 59.7 Å². The summed E-state index contributed by atoms with van der Waals surface area (Å²) in [6.45, 7) is 1.97. The fourth-order valence-corrected chi connectivity index (χ4v) is 3.75. The van der Waals surface area contributed by atoms with Crippen LogP contribution in [0.25, 0.3) is 0 Å². The lowest BCUT2D eigenvalue weighted by Crippen LogP contribution is -2.69. The van der Waals surface area contributed by atoms with Gasteiger partial charge in [0.15, 0.2) is 0 Å². The summed E-state index contributed by atoms with van der Waals surface area (Å²) in [6, 6.07) is 6.20. The van der Waals surface area contributed by atoms with E-state index in [9.17, 15) is 18.0 Å². The third kappa shape index (κ3) is 3.16. The number of carbonyl (C=O) groups is 1. The zero-order valence-electron chi connectivity index (χ0n) is 13.9. The van der Waals surface area contributed by atoms with E-state index in [1.165, 1.54) is 12.3 Å². The van der Waals surface area contributed by atoms with Gasteiger partial charge in [0.05, 0.1) is 0 Å². The van der Waals surface area contributed by atoms with E-state index in [-0.39, 0.29) is 18.0 Å². The molecule has 5 heterocycles. The largest absolute Gasteiger partial charge is 0.433 e. The highest BCUT2D eigenvalue weighted by Gasteiger charge is 2.47. The number of amides is 1. The third-order valence-corrected chi connectivity index (χ3v) is 4.95. The maximum Gasteiger partial charge on any atom is 0.433 e. The molecule has 136 valence electrons. The first kappa shape index (κ1) is 17.0. The van der Waals surface area contributed by atoms with Gasteiger partial charge in [-0.2, -0.15) is 13.2 Å². The minimum Gasteiger partial charge on any atom is -0.330 e. The van der Waals surface area contributed by atoms with Crippen LogP contribution in [0.4, 0.5) is 13.2 Å². The number of hydrogen-bond donors (Lipinski definition) is 0.